The summed E-state index contributed by atoms with van der Waals surface area (Å²) < 4.78 is 13.0. The Morgan fingerprint density at radius 2 is 1.15 bits per heavy atom. The highest BCUT2D eigenvalue weighted by Crippen LogP contribution is 2.33. The topological polar surface area (TPSA) is 58.9 Å². The van der Waals surface area contributed by atoms with Crippen molar-refractivity contribution in [1.29, 1.82) is 0 Å². The van der Waals surface area contributed by atoms with Gasteiger partial charge in [-0.3, -0.25) is 0 Å². The first kappa shape index (κ1) is 34.0. The van der Waals surface area contributed by atoms with E-state index in [2.05, 4.69) is 45.8 Å². The van der Waals surface area contributed by atoms with Crippen LogP contribution in [-0.4, -0.2) is 47.6 Å². The van der Waals surface area contributed by atoms with Gasteiger partial charge in [0.25, 0.3) is 0 Å². The molecule has 0 bridgehead atoms. The highest BCUT2D eigenvalue weighted by molar-refractivity contribution is 6.87. The maximum Gasteiger partial charge on any atom is 0.314 e. The van der Waals surface area contributed by atoms with Crippen LogP contribution >= 0.6 is 0 Å². The van der Waals surface area contributed by atoms with Crippen LogP contribution < -0.4 is 0 Å². The number of hydrogen-bond acceptors (Lipinski definition) is 4. The van der Waals surface area contributed by atoms with Crippen molar-refractivity contribution >= 4 is 25.2 Å². The van der Waals surface area contributed by atoms with Gasteiger partial charge in [0.15, 0.2) is 16.6 Å². The van der Waals surface area contributed by atoms with Crippen molar-refractivity contribution < 1.29 is 18.4 Å². The van der Waals surface area contributed by atoms with E-state index in [1.54, 1.807) is 0 Å². The van der Waals surface area contributed by atoms with Gasteiger partial charge in [0.2, 0.25) is 0 Å². The molecule has 0 radical (unpaired) electrons. The van der Waals surface area contributed by atoms with Gasteiger partial charge in [0.1, 0.15) is 0 Å². The molecular weight excluding hydrogens is 376 g/mol. The van der Waals surface area contributed by atoms with Gasteiger partial charge < -0.3 is 18.4 Å². The third-order valence-corrected chi connectivity index (χ3v) is 13.5. The lowest BCUT2D eigenvalue weighted by Crippen LogP contribution is -2.52. The van der Waals surface area contributed by atoms with Crippen LogP contribution in [0.1, 0.15) is 55.4 Å². The molecule has 1 saturated carbocycles. The summed E-state index contributed by atoms with van der Waals surface area (Å²) in [7, 11) is -5.43. The lowest BCUT2D eigenvalue weighted by Gasteiger charge is -2.40. The maximum atomic E-state index is 9.86. The molecule has 0 amide bonds. The normalized spacial score (nSPS) is 23.7. The molecule has 4 nitrogen and oxygen atoms in total. The fourth-order valence-corrected chi connectivity index (χ4v) is 16.0. The van der Waals surface area contributed by atoms with Crippen molar-refractivity contribution in [3.8, 4) is 0 Å². The van der Waals surface area contributed by atoms with Crippen LogP contribution in [0.25, 0.3) is 0 Å². The minimum absolute atomic E-state index is 0. The molecule has 0 spiro atoms. The van der Waals surface area contributed by atoms with Gasteiger partial charge >= 0.3 is 8.56 Å². The molecule has 0 aliphatic heterocycles. The standard InChI is InChI=1S/C15H36O4Si3.4CH4/c1-20(2,3)18-22(7,19-21(4,5)6)11-10-13-8-9-14(16)15(17)12-13;;;;/h13-17H,8-12H2,1-7H3;4*1H4. The summed E-state index contributed by atoms with van der Waals surface area (Å²) in [5.74, 6) is 0.487. The predicted octanol–water partition coefficient (Wildman–Crippen LogP) is 6.22. The van der Waals surface area contributed by atoms with Crippen LogP contribution in [0.15, 0.2) is 0 Å². The minimum Gasteiger partial charge on any atom is -0.437 e. The van der Waals surface area contributed by atoms with Crippen molar-refractivity contribution in [1.82, 2.24) is 0 Å². The molecule has 2 N–H and O–H groups in total. The molecule has 3 unspecified atom stereocenters. The van der Waals surface area contributed by atoms with E-state index in [0.717, 1.165) is 18.9 Å². The second kappa shape index (κ2) is 12.9. The van der Waals surface area contributed by atoms with E-state index in [-0.39, 0.29) is 29.7 Å². The molecule has 1 fully saturated rings. The summed E-state index contributed by atoms with van der Waals surface area (Å²) in [6, 6.07) is 0.995. The van der Waals surface area contributed by atoms with E-state index in [0.29, 0.717) is 18.8 Å². The first-order valence-corrected chi connectivity index (χ1v) is 17.9. The Morgan fingerprint density at radius 1 is 0.731 bits per heavy atom. The smallest absolute Gasteiger partial charge is 0.314 e. The van der Waals surface area contributed by atoms with E-state index >= 15 is 0 Å². The molecule has 7 heteroatoms. The molecule has 0 aromatic heterocycles. The first-order chi connectivity index (χ1) is 9.80. The molecule has 26 heavy (non-hydrogen) atoms. The van der Waals surface area contributed by atoms with Gasteiger partial charge in [0.05, 0.1) is 12.2 Å². The Bertz CT molecular complexity index is 338. The zero-order chi connectivity index (χ0) is 17.2. The quantitative estimate of drug-likeness (QED) is 0.473. The fraction of sp³-hybridized carbons (Fsp3) is 1.00. The van der Waals surface area contributed by atoms with Gasteiger partial charge in [-0.15, -0.1) is 0 Å². The summed E-state index contributed by atoms with van der Waals surface area (Å²) in [6.07, 6.45) is 2.39. The van der Waals surface area contributed by atoms with E-state index in [4.69, 9.17) is 8.23 Å². The minimum atomic E-state index is -2.16. The molecule has 1 rings (SSSR count). The highest BCUT2D eigenvalue weighted by atomic mass is 28.5. The van der Waals surface area contributed by atoms with Crippen molar-refractivity contribution in [2.24, 2.45) is 5.92 Å². The zero-order valence-electron chi connectivity index (χ0n) is 15.5. The number of rotatable bonds is 7. The summed E-state index contributed by atoms with van der Waals surface area (Å²) in [5, 5.41) is 19.5. The van der Waals surface area contributed by atoms with Crippen LogP contribution in [0.3, 0.4) is 0 Å². The molecule has 0 aromatic rings. The zero-order valence-corrected chi connectivity index (χ0v) is 18.5. The van der Waals surface area contributed by atoms with Gasteiger partial charge in [-0.1, -0.05) is 29.7 Å². The summed E-state index contributed by atoms with van der Waals surface area (Å²) in [6.45, 7) is 15.6. The molecule has 0 aromatic carbocycles. The van der Waals surface area contributed by atoms with Gasteiger partial charge in [-0.2, -0.15) is 0 Å². The first-order valence-electron chi connectivity index (χ1n) is 8.56. The van der Waals surface area contributed by atoms with E-state index < -0.39 is 37.4 Å². The third-order valence-electron chi connectivity index (χ3n) is 3.94. The Balaban J connectivity index is -0.000000605. The number of aliphatic hydroxyl groups excluding tert-OH is 2. The van der Waals surface area contributed by atoms with Crippen LogP contribution in [0, 0.1) is 5.92 Å². The monoisotopic (exact) mass is 428 g/mol. The molecule has 1 aliphatic rings. The molecule has 1 aliphatic carbocycles. The van der Waals surface area contributed by atoms with Crippen LogP contribution in [0.4, 0.5) is 0 Å². The molecule has 0 saturated heterocycles. The average Bonchev–Trinajstić information content (AvgIpc) is 2.26. The Labute approximate surface area is 169 Å². The van der Waals surface area contributed by atoms with Crippen molar-refractivity contribution in [3.05, 3.63) is 0 Å². The van der Waals surface area contributed by atoms with E-state index in [1.807, 2.05) is 0 Å². The van der Waals surface area contributed by atoms with E-state index in [9.17, 15) is 10.2 Å². The average molecular weight is 429 g/mol. The Kier molecular flexibility index (Phi) is 16.8. The largest absolute Gasteiger partial charge is 0.437 e. The third kappa shape index (κ3) is 13.6. The molecule has 0 heterocycles. The Morgan fingerprint density at radius 3 is 1.50 bits per heavy atom. The fourth-order valence-electron chi connectivity index (χ4n) is 3.36. The Hall–Kier alpha value is 0.491. The molecular formula is C19H52O4Si3. The SMILES string of the molecule is C.C.C.C.C[Si](C)(C)O[Si](C)(CCC1CCC(O)C(O)C1)O[Si](C)(C)C. The summed E-state index contributed by atoms with van der Waals surface area (Å²) in [5.41, 5.74) is 0. The highest BCUT2D eigenvalue weighted by Gasteiger charge is 2.41. The second-order valence-electron chi connectivity index (χ2n) is 8.92. The van der Waals surface area contributed by atoms with E-state index in [1.165, 1.54) is 0 Å². The number of hydrogen-bond donors (Lipinski definition) is 2. The van der Waals surface area contributed by atoms with Crippen molar-refractivity contribution in [2.75, 3.05) is 0 Å². The van der Waals surface area contributed by atoms with Gasteiger partial charge in [-0.25, -0.2) is 0 Å². The predicted molar refractivity (Wildman–Crippen MR) is 126 cm³/mol. The van der Waals surface area contributed by atoms with Crippen molar-refractivity contribution in [3.63, 3.8) is 0 Å². The van der Waals surface area contributed by atoms with Gasteiger partial charge in [0, 0.05) is 0 Å². The number of aliphatic hydroxyl groups is 2. The summed E-state index contributed by atoms with van der Waals surface area (Å²) >= 11 is 0. The summed E-state index contributed by atoms with van der Waals surface area (Å²) in [4.78, 5) is 0. The van der Waals surface area contributed by atoms with Crippen molar-refractivity contribution in [2.45, 2.75) is 119 Å². The molecule has 3 atom stereocenters. The van der Waals surface area contributed by atoms with Crippen LogP contribution in [-0.2, 0) is 8.23 Å². The lowest BCUT2D eigenvalue weighted by molar-refractivity contribution is -0.0259. The van der Waals surface area contributed by atoms with Crippen LogP contribution in [0.2, 0.25) is 51.9 Å². The lowest BCUT2D eigenvalue weighted by atomic mass is 9.84. The maximum absolute atomic E-state index is 9.86. The second-order valence-corrected chi connectivity index (χ2v) is 21.8. The van der Waals surface area contributed by atoms with Gasteiger partial charge in [-0.05, 0) is 83.5 Å². The van der Waals surface area contributed by atoms with Crippen LogP contribution in [0.5, 0.6) is 0 Å². The molecule has 164 valence electrons.